The number of ether oxygens (including phenoxy) is 3. The molecule has 0 saturated heterocycles. The molecule has 0 aromatic heterocycles. The Balaban J connectivity index is 1.55. The summed E-state index contributed by atoms with van der Waals surface area (Å²) in [5.41, 5.74) is 0.309. The van der Waals surface area contributed by atoms with Crippen molar-refractivity contribution < 1.29 is 33.5 Å². The van der Waals surface area contributed by atoms with Crippen LogP contribution in [-0.2, 0) is 14.3 Å². The largest absolute Gasteiger partial charge is 0.457 e. The number of nitrogens with zero attached hydrogens (tertiary/aromatic N) is 1. The van der Waals surface area contributed by atoms with Crippen molar-refractivity contribution >= 4 is 17.5 Å². The summed E-state index contributed by atoms with van der Waals surface area (Å²) in [6.45, 7) is 1.01. The zero-order valence-corrected chi connectivity index (χ0v) is 14.7. The molecule has 3 rings (SSSR count). The highest BCUT2D eigenvalue weighted by Gasteiger charge is 2.44. The molecule has 1 aromatic carbocycles. The zero-order chi connectivity index (χ0) is 19.6. The number of hydrogen-bond acceptors (Lipinski definition) is 8. The summed E-state index contributed by atoms with van der Waals surface area (Å²) in [7, 11) is 0. The highest BCUT2D eigenvalue weighted by atomic mass is 16.7. The predicted octanol–water partition coefficient (Wildman–Crippen LogP) is 1.65. The molecule has 1 aromatic rings. The highest BCUT2D eigenvalue weighted by Crippen LogP contribution is 2.36. The molecule has 1 fully saturated rings. The maximum absolute atomic E-state index is 12.2. The Labute approximate surface area is 154 Å². The molecule has 1 saturated carbocycles. The molecule has 0 amide bonds. The van der Waals surface area contributed by atoms with Crippen LogP contribution in [0.3, 0.4) is 0 Å². The number of esters is 1. The molecule has 1 aliphatic carbocycles. The average Bonchev–Trinajstić information content (AvgIpc) is 3.18. The fourth-order valence-electron chi connectivity index (χ4n) is 3.54. The molecule has 0 bridgehead atoms. The van der Waals surface area contributed by atoms with E-state index in [-0.39, 0.29) is 37.9 Å². The summed E-state index contributed by atoms with van der Waals surface area (Å²) in [4.78, 5) is 46.6. The third kappa shape index (κ3) is 4.24. The fraction of sp³-hybridized carbons (Fsp3) is 0.500. The van der Waals surface area contributed by atoms with Gasteiger partial charge in [0.25, 0.3) is 0 Å². The van der Waals surface area contributed by atoms with Gasteiger partial charge in [-0.2, -0.15) is 0 Å². The van der Waals surface area contributed by atoms with Crippen LogP contribution in [0.15, 0.2) is 18.2 Å². The minimum absolute atomic E-state index is 0.0844. The van der Waals surface area contributed by atoms with Gasteiger partial charge in [0, 0.05) is 28.7 Å². The van der Waals surface area contributed by atoms with Gasteiger partial charge in [0.15, 0.2) is 23.9 Å². The van der Waals surface area contributed by atoms with E-state index in [1.165, 1.54) is 6.07 Å². The molecule has 144 valence electrons. The average molecular weight is 377 g/mol. The number of nitro groups is 1. The van der Waals surface area contributed by atoms with Gasteiger partial charge >= 0.3 is 5.97 Å². The number of rotatable bonds is 7. The summed E-state index contributed by atoms with van der Waals surface area (Å²) in [5.74, 6) is -1.72. The van der Waals surface area contributed by atoms with Gasteiger partial charge in [-0.05, 0) is 24.1 Å². The fourth-order valence-corrected chi connectivity index (χ4v) is 3.54. The second-order valence-corrected chi connectivity index (χ2v) is 6.79. The van der Waals surface area contributed by atoms with E-state index in [4.69, 9.17) is 14.2 Å². The number of Topliss-reactive ketones (excluding diaryl/α,β-unsaturated/α-hetero) is 2. The summed E-state index contributed by atoms with van der Waals surface area (Å²) in [5, 5.41) is 10.8. The Hall–Kier alpha value is -2.97. The third-order valence-corrected chi connectivity index (χ3v) is 4.99. The molecule has 0 N–H and O–H groups in total. The van der Waals surface area contributed by atoms with E-state index < -0.39 is 35.1 Å². The van der Waals surface area contributed by atoms with E-state index in [1.807, 2.05) is 0 Å². The number of carbonyl (C=O) groups excluding carboxylic acids is 3. The number of hydrogen-bond donors (Lipinski definition) is 0. The van der Waals surface area contributed by atoms with Crippen molar-refractivity contribution in [3.05, 3.63) is 33.9 Å². The third-order valence-electron chi connectivity index (χ3n) is 4.99. The van der Waals surface area contributed by atoms with Crippen molar-refractivity contribution in [1.82, 2.24) is 0 Å². The van der Waals surface area contributed by atoms with Crippen LogP contribution in [0.4, 0.5) is 0 Å². The molecule has 0 spiro atoms. The van der Waals surface area contributed by atoms with Gasteiger partial charge in [0.1, 0.15) is 5.78 Å². The summed E-state index contributed by atoms with van der Waals surface area (Å²) < 4.78 is 15.4. The van der Waals surface area contributed by atoms with Gasteiger partial charge in [-0.25, -0.2) is 0 Å². The minimum Gasteiger partial charge on any atom is -0.457 e. The van der Waals surface area contributed by atoms with Crippen LogP contribution in [0.25, 0.3) is 0 Å². The van der Waals surface area contributed by atoms with Crippen LogP contribution in [-0.4, -0.2) is 42.4 Å². The van der Waals surface area contributed by atoms with Gasteiger partial charge < -0.3 is 14.2 Å². The van der Waals surface area contributed by atoms with E-state index in [0.717, 1.165) is 0 Å². The van der Waals surface area contributed by atoms with Crippen molar-refractivity contribution in [3.8, 4) is 11.5 Å². The highest BCUT2D eigenvalue weighted by molar-refractivity contribution is 5.98. The Kier molecular flexibility index (Phi) is 5.38. The normalized spacial score (nSPS) is 23.3. The zero-order valence-electron chi connectivity index (χ0n) is 14.7. The van der Waals surface area contributed by atoms with Gasteiger partial charge in [0.05, 0.1) is 6.42 Å². The van der Waals surface area contributed by atoms with Crippen molar-refractivity contribution in [3.63, 3.8) is 0 Å². The lowest BCUT2D eigenvalue weighted by Crippen LogP contribution is -2.28. The smallest absolute Gasteiger partial charge is 0.306 e. The van der Waals surface area contributed by atoms with Crippen LogP contribution in [0.5, 0.6) is 11.5 Å². The van der Waals surface area contributed by atoms with Crippen LogP contribution >= 0.6 is 0 Å². The topological polar surface area (TPSA) is 122 Å². The standard InChI is InChI=1S/C18H19NO8/c1-10-4-14(20)12(13(10)7-19(23)24)6-18(22)25-8-15(21)11-2-3-16-17(5-11)27-9-26-16/h2-3,5,10,12-13H,4,6-9H2,1H3/t10-,12-,13+/m0/s1. The maximum atomic E-state index is 12.2. The first-order chi connectivity index (χ1) is 12.8. The van der Waals surface area contributed by atoms with E-state index in [0.29, 0.717) is 17.1 Å². The molecule has 0 radical (unpaired) electrons. The van der Waals surface area contributed by atoms with Crippen LogP contribution in [0, 0.1) is 27.9 Å². The van der Waals surface area contributed by atoms with Crippen molar-refractivity contribution in [2.24, 2.45) is 17.8 Å². The van der Waals surface area contributed by atoms with E-state index >= 15 is 0 Å². The number of carbonyl (C=O) groups is 3. The first-order valence-electron chi connectivity index (χ1n) is 8.58. The number of fused-ring (bicyclic) bond motifs is 1. The quantitative estimate of drug-likeness (QED) is 0.304. The predicted molar refractivity (Wildman–Crippen MR) is 90.1 cm³/mol. The maximum Gasteiger partial charge on any atom is 0.306 e. The first-order valence-corrected chi connectivity index (χ1v) is 8.58. The van der Waals surface area contributed by atoms with Gasteiger partial charge in [-0.3, -0.25) is 24.5 Å². The lowest BCUT2D eigenvalue weighted by molar-refractivity contribution is -0.490. The molecule has 0 unspecified atom stereocenters. The lowest BCUT2D eigenvalue weighted by atomic mass is 9.88. The molecule has 1 aliphatic heterocycles. The van der Waals surface area contributed by atoms with Gasteiger partial charge in [-0.15, -0.1) is 0 Å². The summed E-state index contributed by atoms with van der Waals surface area (Å²) in [6, 6.07) is 4.64. The van der Waals surface area contributed by atoms with Crippen molar-refractivity contribution in [1.29, 1.82) is 0 Å². The molecule has 27 heavy (non-hydrogen) atoms. The molecular weight excluding hydrogens is 358 g/mol. The summed E-state index contributed by atoms with van der Waals surface area (Å²) in [6.07, 6.45) is -0.0390. The van der Waals surface area contributed by atoms with Crippen LogP contribution in [0.2, 0.25) is 0 Å². The SMILES string of the molecule is C[C@H]1CC(=O)[C@@H](CC(=O)OCC(=O)c2ccc3c(c2)OCO3)[C@@H]1C[N+](=O)[O-]. The van der Waals surface area contributed by atoms with E-state index in [2.05, 4.69) is 0 Å². The van der Waals surface area contributed by atoms with E-state index in [1.54, 1.807) is 19.1 Å². The van der Waals surface area contributed by atoms with Crippen LogP contribution < -0.4 is 9.47 Å². The lowest BCUT2D eigenvalue weighted by Gasteiger charge is -2.16. The summed E-state index contributed by atoms with van der Waals surface area (Å²) >= 11 is 0. The minimum atomic E-state index is -0.737. The second kappa shape index (κ2) is 7.73. The Bertz CT molecular complexity index is 790. The first kappa shape index (κ1) is 18.8. The second-order valence-electron chi connectivity index (χ2n) is 6.79. The van der Waals surface area contributed by atoms with Gasteiger partial charge in [-0.1, -0.05) is 6.92 Å². The Morgan fingerprint density at radius 3 is 2.78 bits per heavy atom. The van der Waals surface area contributed by atoms with Crippen molar-refractivity contribution in [2.45, 2.75) is 19.8 Å². The Morgan fingerprint density at radius 2 is 2.04 bits per heavy atom. The Morgan fingerprint density at radius 1 is 1.30 bits per heavy atom. The van der Waals surface area contributed by atoms with Crippen molar-refractivity contribution in [2.75, 3.05) is 19.9 Å². The molecule has 3 atom stereocenters. The van der Waals surface area contributed by atoms with Gasteiger partial charge in [0.2, 0.25) is 13.3 Å². The monoisotopic (exact) mass is 377 g/mol. The number of ketones is 2. The molecule has 9 heteroatoms. The van der Waals surface area contributed by atoms with Crippen LogP contribution in [0.1, 0.15) is 30.1 Å². The molecule has 9 nitrogen and oxygen atoms in total. The van der Waals surface area contributed by atoms with E-state index in [9.17, 15) is 24.5 Å². The molecule has 2 aliphatic rings. The molecule has 1 heterocycles. The molecular formula is C18H19NO8. The number of benzene rings is 1.